The van der Waals surface area contributed by atoms with Gasteiger partial charge in [0.1, 0.15) is 0 Å². The number of thioether (sulfide) groups is 1. The van der Waals surface area contributed by atoms with E-state index in [0.717, 1.165) is 5.56 Å². The number of carbonyl (C=O) groups is 1. The Bertz CT molecular complexity index is 416. The highest BCUT2D eigenvalue weighted by Gasteiger charge is 2.16. The van der Waals surface area contributed by atoms with Crippen LogP contribution in [0.4, 0.5) is 0 Å². The number of hydrogen-bond acceptors (Lipinski definition) is 3. The summed E-state index contributed by atoms with van der Waals surface area (Å²) in [4.78, 5) is 11.7. The van der Waals surface area contributed by atoms with Gasteiger partial charge in [0, 0.05) is 16.1 Å². The first-order valence-corrected chi connectivity index (χ1v) is 6.89. The number of benzene rings is 1. The standard InChI is InChI=1S/C15H20O2S/c1-15(2,3)18-11-13(14(16)17-4)10-12-8-6-5-7-9-12/h5-10H,11H2,1-4H3/b13-10+. The van der Waals surface area contributed by atoms with Gasteiger partial charge in [-0.2, -0.15) is 11.8 Å². The molecule has 3 heteroatoms. The van der Waals surface area contributed by atoms with Crippen molar-refractivity contribution in [1.29, 1.82) is 0 Å². The fourth-order valence-corrected chi connectivity index (χ4v) is 2.13. The molecule has 0 amide bonds. The average molecular weight is 264 g/mol. The summed E-state index contributed by atoms with van der Waals surface area (Å²) in [7, 11) is 1.42. The molecule has 0 aliphatic rings. The summed E-state index contributed by atoms with van der Waals surface area (Å²) in [5.41, 5.74) is 1.72. The first-order chi connectivity index (χ1) is 8.42. The van der Waals surface area contributed by atoms with Crippen molar-refractivity contribution >= 4 is 23.8 Å². The molecule has 0 aromatic heterocycles. The Labute approximate surface area is 113 Å². The van der Waals surface area contributed by atoms with E-state index in [4.69, 9.17) is 4.74 Å². The molecular formula is C15H20O2S. The molecule has 0 aliphatic carbocycles. The van der Waals surface area contributed by atoms with E-state index in [0.29, 0.717) is 11.3 Å². The average Bonchev–Trinajstić information content (AvgIpc) is 2.33. The van der Waals surface area contributed by atoms with E-state index in [1.165, 1.54) is 7.11 Å². The van der Waals surface area contributed by atoms with E-state index in [-0.39, 0.29) is 10.7 Å². The minimum atomic E-state index is -0.254. The van der Waals surface area contributed by atoms with Crippen LogP contribution in [0.1, 0.15) is 26.3 Å². The van der Waals surface area contributed by atoms with Crippen LogP contribution in [-0.2, 0) is 9.53 Å². The van der Waals surface area contributed by atoms with Gasteiger partial charge in [-0.25, -0.2) is 4.79 Å². The van der Waals surface area contributed by atoms with Gasteiger partial charge in [0.15, 0.2) is 0 Å². The molecule has 1 rings (SSSR count). The number of hydrogen-bond donors (Lipinski definition) is 0. The van der Waals surface area contributed by atoms with Crippen LogP contribution in [0.15, 0.2) is 35.9 Å². The van der Waals surface area contributed by atoms with E-state index in [9.17, 15) is 4.79 Å². The van der Waals surface area contributed by atoms with Crippen LogP contribution in [0.25, 0.3) is 6.08 Å². The van der Waals surface area contributed by atoms with Gasteiger partial charge in [-0.05, 0) is 11.6 Å². The van der Waals surface area contributed by atoms with Crippen molar-refractivity contribution in [1.82, 2.24) is 0 Å². The molecule has 1 aromatic rings. The molecule has 0 radical (unpaired) electrons. The van der Waals surface area contributed by atoms with E-state index in [1.807, 2.05) is 36.4 Å². The molecule has 18 heavy (non-hydrogen) atoms. The van der Waals surface area contributed by atoms with E-state index in [1.54, 1.807) is 11.8 Å². The van der Waals surface area contributed by atoms with Gasteiger partial charge < -0.3 is 4.74 Å². The molecule has 0 N–H and O–H groups in total. The highest BCUT2D eigenvalue weighted by atomic mass is 32.2. The minimum absolute atomic E-state index is 0.129. The summed E-state index contributed by atoms with van der Waals surface area (Å²) in [6, 6.07) is 9.82. The molecule has 0 fully saturated rings. The van der Waals surface area contributed by atoms with Crippen LogP contribution in [-0.4, -0.2) is 23.6 Å². The maximum Gasteiger partial charge on any atom is 0.334 e. The van der Waals surface area contributed by atoms with Gasteiger partial charge in [0.25, 0.3) is 0 Å². The zero-order valence-electron chi connectivity index (χ0n) is 11.4. The van der Waals surface area contributed by atoms with Crippen LogP contribution >= 0.6 is 11.8 Å². The summed E-state index contributed by atoms with van der Waals surface area (Å²) >= 11 is 1.74. The van der Waals surface area contributed by atoms with Gasteiger partial charge in [0.2, 0.25) is 0 Å². The second-order valence-corrected chi connectivity index (χ2v) is 6.77. The van der Waals surface area contributed by atoms with Crippen molar-refractivity contribution in [3.8, 4) is 0 Å². The first-order valence-electron chi connectivity index (χ1n) is 5.90. The predicted octanol–water partition coefficient (Wildman–Crippen LogP) is 3.77. The Balaban J connectivity index is 2.85. The topological polar surface area (TPSA) is 26.3 Å². The van der Waals surface area contributed by atoms with Crippen LogP contribution in [0.2, 0.25) is 0 Å². The number of methoxy groups -OCH3 is 1. The van der Waals surface area contributed by atoms with Gasteiger partial charge >= 0.3 is 5.97 Å². The zero-order chi connectivity index (χ0) is 13.6. The lowest BCUT2D eigenvalue weighted by atomic mass is 10.1. The summed E-state index contributed by atoms with van der Waals surface area (Å²) in [5.74, 6) is 0.404. The lowest BCUT2D eigenvalue weighted by Crippen LogP contribution is -2.13. The zero-order valence-corrected chi connectivity index (χ0v) is 12.2. The van der Waals surface area contributed by atoms with Gasteiger partial charge in [0.05, 0.1) is 7.11 Å². The molecule has 0 unspecified atom stereocenters. The van der Waals surface area contributed by atoms with Crippen molar-refractivity contribution in [2.24, 2.45) is 0 Å². The highest BCUT2D eigenvalue weighted by Crippen LogP contribution is 2.26. The molecule has 1 aromatic carbocycles. The van der Waals surface area contributed by atoms with Gasteiger partial charge in [-0.15, -0.1) is 0 Å². The molecule has 0 spiro atoms. The van der Waals surface area contributed by atoms with Gasteiger partial charge in [-0.3, -0.25) is 0 Å². The SMILES string of the molecule is COC(=O)/C(=C/c1ccccc1)CSC(C)(C)C. The molecule has 0 heterocycles. The Morgan fingerprint density at radius 2 is 1.89 bits per heavy atom. The third-order valence-electron chi connectivity index (χ3n) is 2.25. The molecule has 0 atom stereocenters. The minimum Gasteiger partial charge on any atom is -0.466 e. The predicted molar refractivity (Wildman–Crippen MR) is 78.6 cm³/mol. The van der Waals surface area contributed by atoms with E-state index < -0.39 is 0 Å². The van der Waals surface area contributed by atoms with Crippen LogP contribution in [0.5, 0.6) is 0 Å². The number of ether oxygens (including phenoxy) is 1. The maximum atomic E-state index is 11.7. The molecule has 98 valence electrons. The van der Waals surface area contributed by atoms with Crippen LogP contribution < -0.4 is 0 Å². The third kappa shape index (κ3) is 5.41. The molecule has 0 aliphatic heterocycles. The fourth-order valence-electron chi connectivity index (χ4n) is 1.34. The van der Waals surface area contributed by atoms with Crippen molar-refractivity contribution in [3.63, 3.8) is 0 Å². The van der Waals surface area contributed by atoms with Crippen molar-refractivity contribution in [2.45, 2.75) is 25.5 Å². The second kappa shape index (κ2) is 6.64. The monoisotopic (exact) mass is 264 g/mol. The van der Waals surface area contributed by atoms with Crippen molar-refractivity contribution < 1.29 is 9.53 Å². The van der Waals surface area contributed by atoms with Gasteiger partial charge in [-0.1, -0.05) is 51.1 Å². The summed E-state index contributed by atoms with van der Waals surface area (Å²) in [5, 5.41) is 0. The Kier molecular flexibility index (Phi) is 5.48. The van der Waals surface area contributed by atoms with Crippen LogP contribution in [0.3, 0.4) is 0 Å². The number of carbonyl (C=O) groups excluding carboxylic acids is 1. The van der Waals surface area contributed by atoms with Crippen LogP contribution in [0, 0.1) is 0 Å². The van der Waals surface area contributed by atoms with Crippen molar-refractivity contribution in [2.75, 3.05) is 12.9 Å². The number of rotatable bonds is 4. The fraction of sp³-hybridized carbons (Fsp3) is 0.400. The van der Waals surface area contributed by atoms with E-state index in [2.05, 4.69) is 20.8 Å². The molecule has 0 saturated carbocycles. The second-order valence-electron chi connectivity index (χ2n) is 4.97. The normalized spacial score (nSPS) is 12.3. The van der Waals surface area contributed by atoms with E-state index >= 15 is 0 Å². The largest absolute Gasteiger partial charge is 0.466 e. The Morgan fingerprint density at radius 3 is 2.39 bits per heavy atom. The Hall–Kier alpha value is -1.22. The molecule has 2 nitrogen and oxygen atoms in total. The summed E-state index contributed by atoms with van der Waals surface area (Å²) in [6.07, 6.45) is 1.89. The lowest BCUT2D eigenvalue weighted by molar-refractivity contribution is -0.135. The van der Waals surface area contributed by atoms with Crippen molar-refractivity contribution in [3.05, 3.63) is 41.5 Å². The molecule has 0 bridgehead atoms. The molecular weight excluding hydrogens is 244 g/mol. The summed E-state index contributed by atoms with van der Waals surface area (Å²) < 4.78 is 4.96. The molecule has 0 saturated heterocycles. The number of esters is 1. The third-order valence-corrected chi connectivity index (χ3v) is 3.57. The first kappa shape index (κ1) is 14.8. The maximum absolute atomic E-state index is 11.7. The quantitative estimate of drug-likeness (QED) is 0.611. The smallest absolute Gasteiger partial charge is 0.334 e. The Morgan fingerprint density at radius 1 is 1.28 bits per heavy atom. The summed E-state index contributed by atoms with van der Waals surface area (Å²) in [6.45, 7) is 6.40. The highest BCUT2D eigenvalue weighted by molar-refractivity contribution is 8.00. The lowest BCUT2D eigenvalue weighted by Gasteiger charge is -2.18.